The second kappa shape index (κ2) is 8.64. The van der Waals surface area contributed by atoms with Crippen molar-refractivity contribution in [3.63, 3.8) is 0 Å². The largest absolute Gasteiger partial charge is 0.480 e. The Balaban J connectivity index is 1.73. The summed E-state index contributed by atoms with van der Waals surface area (Å²) in [5.74, 6) is -0.661. The fraction of sp³-hybridized carbons (Fsp3) is 0.600. The first-order valence-electron chi connectivity index (χ1n) is 9.48. The summed E-state index contributed by atoms with van der Waals surface area (Å²) >= 11 is 0. The van der Waals surface area contributed by atoms with Crippen LogP contribution in [-0.4, -0.2) is 72.2 Å². The zero-order chi connectivity index (χ0) is 18.5. The molecule has 2 saturated heterocycles. The number of hydrogen-bond acceptors (Lipinski definition) is 4. The molecule has 6 nitrogen and oxygen atoms in total. The van der Waals surface area contributed by atoms with Crippen LogP contribution >= 0.6 is 0 Å². The lowest BCUT2D eigenvalue weighted by molar-refractivity contribution is -0.138. The third-order valence-corrected chi connectivity index (χ3v) is 5.18. The number of carbonyl (C=O) groups excluding carboxylic acids is 1. The number of fused-ring (bicyclic) bond motifs is 3. The molecule has 0 unspecified atom stereocenters. The van der Waals surface area contributed by atoms with E-state index in [0.29, 0.717) is 38.4 Å². The number of carboxylic acid groups (broad SMARTS) is 1. The van der Waals surface area contributed by atoms with Gasteiger partial charge >= 0.3 is 5.97 Å². The van der Waals surface area contributed by atoms with Gasteiger partial charge in [0.1, 0.15) is 0 Å². The molecule has 0 radical (unpaired) electrons. The van der Waals surface area contributed by atoms with Crippen LogP contribution in [0.1, 0.15) is 35.7 Å². The number of carbonyl (C=O) groups is 2. The highest BCUT2D eigenvalue weighted by Gasteiger charge is 2.36. The fourth-order valence-electron chi connectivity index (χ4n) is 3.87. The van der Waals surface area contributed by atoms with Crippen molar-refractivity contribution in [3.05, 3.63) is 35.4 Å². The van der Waals surface area contributed by atoms with Crippen molar-refractivity contribution in [2.75, 3.05) is 39.4 Å². The van der Waals surface area contributed by atoms with E-state index in [4.69, 9.17) is 9.84 Å². The van der Waals surface area contributed by atoms with Gasteiger partial charge in [0.2, 0.25) is 0 Å². The molecule has 0 spiro atoms. The minimum absolute atomic E-state index is 0.0150. The van der Waals surface area contributed by atoms with Crippen LogP contribution in [0.2, 0.25) is 0 Å². The minimum Gasteiger partial charge on any atom is -0.480 e. The number of amides is 1. The van der Waals surface area contributed by atoms with Crippen LogP contribution in [0.3, 0.4) is 0 Å². The number of rotatable bonds is 6. The van der Waals surface area contributed by atoms with Gasteiger partial charge in [-0.3, -0.25) is 14.5 Å². The maximum atomic E-state index is 13.1. The molecular formula is C20H28N2O4. The van der Waals surface area contributed by atoms with Gasteiger partial charge in [-0.25, -0.2) is 0 Å². The molecular weight excluding hydrogens is 332 g/mol. The van der Waals surface area contributed by atoms with E-state index >= 15 is 0 Å². The van der Waals surface area contributed by atoms with Gasteiger partial charge in [-0.1, -0.05) is 25.5 Å². The molecule has 0 saturated carbocycles. The average Bonchev–Trinajstić information content (AvgIpc) is 2.90. The highest BCUT2D eigenvalue weighted by atomic mass is 16.5. The van der Waals surface area contributed by atoms with E-state index < -0.39 is 5.97 Å². The number of hydrogen-bond donors (Lipinski definition) is 1. The molecule has 2 bridgehead atoms. The third-order valence-electron chi connectivity index (χ3n) is 5.18. The number of aryl methyl sites for hydroxylation is 1. The van der Waals surface area contributed by atoms with Gasteiger partial charge in [-0.05, 0) is 30.5 Å². The van der Waals surface area contributed by atoms with Crippen LogP contribution in [0.5, 0.6) is 0 Å². The van der Waals surface area contributed by atoms with Crippen LogP contribution < -0.4 is 0 Å². The maximum absolute atomic E-state index is 13.1. The van der Waals surface area contributed by atoms with E-state index in [-0.39, 0.29) is 24.4 Å². The fourth-order valence-corrected chi connectivity index (χ4v) is 3.87. The Morgan fingerprint density at radius 2 is 1.92 bits per heavy atom. The lowest BCUT2D eigenvalue weighted by atomic mass is 10.0. The summed E-state index contributed by atoms with van der Waals surface area (Å²) in [5, 5.41) is 9.11. The number of aliphatic carboxylic acids is 1. The number of benzene rings is 1. The first-order valence-corrected chi connectivity index (χ1v) is 9.48. The molecule has 2 atom stereocenters. The molecule has 1 amide bonds. The zero-order valence-electron chi connectivity index (χ0n) is 15.4. The summed E-state index contributed by atoms with van der Waals surface area (Å²) in [4.78, 5) is 28.0. The second-order valence-corrected chi connectivity index (χ2v) is 7.40. The van der Waals surface area contributed by atoms with Gasteiger partial charge in [0.25, 0.3) is 5.91 Å². The molecule has 1 aromatic carbocycles. The van der Waals surface area contributed by atoms with Crippen LogP contribution in [0, 0.1) is 5.92 Å². The van der Waals surface area contributed by atoms with E-state index in [1.165, 1.54) is 5.56 Å². The number of nitrogens with zero attached hydrogens (tertiary/aromatic N) is 2. The molecule has 6 heteroatoms. The Bertz CT molecular complexity index is 631. The Labute approximate surface area is 154 Å². The van der Waals surface area contributed by atoms with E-state index in [1.54, 1.807) is 0 Å². The van der Waals surface area contributed by atoms with Gasteiger partial charge in [-0.15, -0.1) is 0 Å². The summed E-state index contributed by atoms with van der Waals surface area (Å²) < 4.78 is 5.73. The average molecular weight is 360 g/mol. The molecule has 1 N–H and O–H groups in total. The first-order chi connectivity index (χ1) is 12.6. The molecule has 2 aliphatic rings. The van der Waals surface area contributed by atoms with Gasteiger partial charge < -0.3 is 14.7 Å². The monoisotopic (exact) mass is 360 g/mol. The molecule has 3 rings (SSSR count). The van der Waals surface area contributed by atoms with Crippen molar-refractivity contribution in [1.82, 2.24) is 9.80 Å². The summed E-state index contributed by atoms with van der Waals surface area (Å²) in [5.41, 5.74) is 1.96. The molecule has 2 heterocycles. The number of unbranched alkanes of at least 4 members (excludes halogenated alkanes) is 1. The van der Waals surface area contributed by atoms with Crippen molar-refractivity contribution >= 4 is 11.9 Å². The molecule has 0 aliphatic carbocycles. The molecule has 2 fully saturated rings. The Morgan fingerprint density at radius 1 is 1.15 bits per heavy atom. The minimum atomic E-state index is -0.827. The van der Waals surface area contributed by atoms with E-state index in [9.17, 15) is 9.59 Å². The second-order valence-electron chi connectivity index (χ2n) is 7.40. The molecule has 2 aliphatic heterocycles. The van der Waals surface area contributed by atoms with Crippen molar-refractivity contribution in [1.29, 1.82) is 0 Å². The molecule has 26 heavy (non-hydrogen) atoms. The third kappa shape index (κ3) is 4.62. The molecule has 1 aromatic rings. The van der Waals surface area contributed by atoms with Crippen LogP contribution in [-0.2, 0) is 16.0 Å². The van der Waals surface area contributed by atoms with Gasteiger partial charge in [0.15, 0.2) is 0 Å². The standard InChI is InChI=1S/C20H28N2O4/c1-2-3-4-15-5-7-17(8-6-15)20(25)22-10-16-9-21(12-19(23)24)11-18(22)14-26-13-16/h5-8,16,18H,2-4,9-14H2,1H3,(H,23,24)/t16-,18-/m0/s1. The Morgan fingerprint density at radius 3 is 2.62 bits per heavy atom. The number of ether oxygens (including phenoxy) is 1. The zero-order valence-corrected chi connectivity index (χ0v) is 15.4. The molecule has 0 aromatic heterocycles. The normalized spacial score (nSPS) is 23.5. The summed E-state index contributed by atoms with van der Waals surface area (Å²) in [6, 6.07) is 7.81. The maximum Gasteiger partial charge on any atom is 0.317 e. The van der Waals surface area contributed by atoms with Gasteiger partial charge in [0.05, 0.1) is 25.8 Å². The topological polar surface area (TPSA) is 70.1 Å². The summed E-state index contributed by atoms with van der Waals surface area (Å²) in [6.45, 7) is 5.05. The van der Waals surface area contributed by atoms with Crippen molar-refractivity contribution in [2.24, 2.45) is 5.92 Å². The lowest BCUT2D eigenvalue weighted by Gasteiger charge is -2.30. The van der Waals surface area contributed by atoms with E-state index in [2.05, 4.69) is 6.92 Å². The van der Waals surface area contributed by atoms with Crippen molar-refractivity contribution in [3.8, 4) is 0 Å². The van der Waals surface area contributed by atoms with E-state index in [1.807, 2.05) is 34.1 Å². The summed E-state index contributed by atoms with van der Waals surface area (Å²) in [6.07, 6.45) is 3.35. The van der Waals surface area contributed by atoms with Crippen molar-refractivity contribution in [2.45, 2.75) is 32.2 Å². The SMILES string of the molecule is CCCCc1ccc(C(=O)N2C[C@H]3COC[C@@H]2CN(CC(=O)O)C3)cc1. The Kier molecular flexibility index (Phi) is 6.27. The smallest absolute Gasteiger partial charge is 0.317 e. The van der Waals surface area contributed by atoms with Crippen LogP contribution in [0.25, 0.3) is 0 Å². The predicted octanol–water partition coefficient (Wildman–Crippen LogP) is 1.89. The predicted molar refractivity (Wildman–Crippen MR) is 98.3 cm³/mol. The highest BCUT2D eigenvalue weighted by molar-refractivity contribution is 5.94. The number of carboxylic acids is 1. The Hall–Kier alpha value is -1.92. The lowest BCUT2D eigenvalue weighted by Crippen LogP contribution is -2.47. The van der Waals surface area contributed by atoms with Crippen LogP contribution in [0.4, 0.5) is 0 Å². The van der Waals surface area contributed by atoms with Crippen LogP contribution in [0.15, 0.2) is 24.3 Å². The first kappa shape index (κ1) is 18.9. The molecule has 142 valence electrons. The van der Waals surface area contributed by atoms with Gasteiger partial charge in [0, 0.05) is 31.1 Å². The van der Waals surface area contributed by atoms with E-state index in [0.717, 1.165) is 19.3 Å². The highest BCUT2D eigenvalue weighted by Crippen LogP contribution is 2.22. The van der Waals surface area contributed by atoms with Crippen molar-refractivity contribution < 1.29 is 19.4 Å². The quantitative estimate of drug-likeness (QED) is 0.839. The van der Waals surface area contributed by atoms with Gasteiger partial charge in [-0.2, -0.15) is 0 Å². The summed E-state index contributed by atoms with van der Waals surface area (Å²) in [7, 11) is 0.